The normalized spacial score (nSPS) is 12.9. The second kappa shape index (κ2) is 5.02. The molecule has 0 aliphatic carbocycles. The highest BCUT2D eigenvalue weighted by Gasteiger charge is 2.08. The van der Waals surface area contributed by atoms with Gasteiger partial charge in [-0.05, 0) is 25.5 Å². The van der Waals surface area contributed by atoms with Crippen LogP contribution < -0.4 is 5.32 Å². The summed E-state index contributed by atoms with van der Waals surface area (Å²) in [6.07, 6.45) is 2.34. The fraction of sp³-hybridized carbons (Fsp3) is 0.417. The maximum Gasteiger partial charge on any atom is 0.184 e. The van der Waals surface area contributed by atoms with E-state index in [1.165, 1.54) is 6.42 Å². The monoisotopic (exact) mass is 254 g/mol. The summed E-state index contributed by atoms with van der Waals surface area (Å²) in [6, 6.07) is 6.29. The van der Waals surface area contributed by atoms with Gasteiger partial charge in [0.1, 0.15) is 0 Å². The van der Waals surface area contributed by atoms with Gasteiger partial charge in [0, 0.05) is 6.04 Å². The highest BCUT2D eigenvalue weighted by Crippen LogP contribution is 2.32. The van der Waals surface area contributed by atoms with Gasteiger partial charge in [0.2, 0.25) is 0 Å². The van der Waals surface area contributed by atoms with E-state index < -0.39 is 0 Å². The van der Waals surface area contributed by atoms with Gasteiger partial charge in [0.25, 0.3) is 0 Å². The van der Waals surface area contributed by atoms with Crippen molar-refractivity contribution in [2.24, 2.45) is 0 Å². The number of nitrogens with zero attached hydrogens (tertiary/aromatic N) is 1. The van der Waals surface area contributed by atoms with Crippen molar-refractivity contribution in [3.05, 3.63) is 23.2 Å². The minimum Gasteiger partial charge on any atom is -0.359 e. The van der Waals surface area contributed by atoms with Crippen molar-refractivity contribution in [2.75, 3.05) is 5.32 Å². The maximum atomic E-state index is 6.11. The summed E-state index contributed by atoms with van der Waals surface area (Å²) < 4.78 is 1.07. The number of hydrogen-bond acceptors (Lipinski definition) is 3. The molecule has 0 aliphatic heterocycles. The molecule has 1 heterocycles. The Morgan fingerprint density at radius 2 is 2.31 bits per heavy atom. The summed E-state index contributed by atoms with van der Waals surface area (Å²) in [4.78, 5) is 4.52. The molecule has 16 heavy (non-hydrogen) atoms. The van der Waals surface area contributed by atoms with Crippen LogP contribution >= 0.6 is 22.9 Å². The molecule has 0 spiro atoms. The summed E-state index contributed by atoms with van der Waals surface area (Å²) in [5, 5.41) is 5.15. The third-order valence-corrected chi connectivity index (χ3v) is 3.92. The first-order valence-electron chi connectivity index (χ1n) is 5.52. The molecule has 0 saturated heterocycles. The van der Waals surface area contributed by atoms with E-state index >= 15 is 0 Å². The van der Waals surface area contributed by atoms with E-state index in [1.54, 1.807) is 11.3 Å². The van der Waals surface area contributed by atoms with Gasteiger partial charge in [0.05, 0.1) is 15.2 Å². The fourth-order valence-corrected chi connectivity index (χ4v) is 2.96. The molecule has 0 aliphatic rings. The molecule has 0 bridgehead atoms. The average molecular weight is 255 g/mol. The average Bonchev–Trinajstić information content (AvgIpc) is 2.62. The SMILES string of the molecule is CCCC(C)Nc1nc2cccc(Cl)c2s1. The van der Waals surface area contributed by atoms with E-state index in [9.17, 15) is 0 Å². The molecule has 2 rings (SSSR count). The van der Waals surface area contributed by atoms with Crippen LogP contribution in [0.15, 0.2) is 18.2 Å². The van der Waals surface area contributed by atoms with Crippen LogP contribution in [0.3, 0.4) is 0 Å². The predicted octanol–water partition coefficient (Wildman–Crippen LogP) is 4.55. The maximum absolute atomic E-state index is 6.11. The van der Waals surface area contributed by atoms with Crippen molar-refractivity contribution in [1.29, 1.82) is 0 Å². The molecule has 0 fully saturated rings. The van der Waals surface area contributed by atoms with Crippen LogP contribution in [0.4, 0.5) is 5.13 Å². The van der Waals surface area contributed by atoms with Gasteiger partial charge in [-0.1, -0.05) is 42.3 Å². The van der Waals surface area contributed by atoms with E-state index in [0.29, 0.717) is 6.04 Å². The molecule has 2 aromatic rings. The van der Waals surface area contributed by atoms with Crippen molar-refractivity contribution in [3.63, 3.8) is 0 Å². The molecular formula is C12H15ClN2S. The molecule has 86 valence electrons. The van der Waals surface area contributed by atoms with Crippen LogP contribution in [0.2, 0.25) is 5.02 Å². The van der Waals surface area contributed by atoms with Crippen LogP contribution in [0, 0.1) is 0 Å². The van der Waals surface area contributed by atoms with E-state index in [0.717, 1.165) is 26.8 Å². The molecule has 1 aromatic carbocycles. The molecule has 1 aromatic heterocycles. The number of hydrogen-bond donors (Lipinski definition) is 1. The van der Waals surface area contributed by atoms with E-state index in [4.69, 9.17) is 11.6 Å². The third-order valence-electron chi connectivity index (χ3n) is 2.46. The van der Waals surface area contributed by atoms with Gasteiger partial charge < -0.3 is 5.32 Å². The Balaban J connectivity index is 2.23. The Kier molecular flexibility index (Phi) is 3.66. The van der Waals surface area contributed by atoms with Crippen molar-refractivity contribution < 1.29 is 0 Å². The Morgan fingerprint density at radius 1 is 1.50 bits per heavy atom. The Hall–Kier alpha value is -0.800. The summed E-state index contributed by atoms with van der Waals surface area (Å²) >= 11 is 7.73. The highest BCUT2D eigenvalue weighted by molar-refractivity contribution is 7.22. The van der Waals surface area contributed by atoms with Gasteiger partial charge >= 0.3 is 0 Å². The lowest BCUT2D eigenvalue weighted by Crippen LogP contribution is -2.13. The zero-order valence-electron chi connectivity index (χ0n) is 9.46. The van der Waals surface area contributed by atoms with Crippen molar-refractivity contribution in [3.8, 4) is 0 Å². The van der Waals surface area contributed by atoms with Crippen molar-refractivity contribution in [1.82, 2.24) is 4.98 Å². The summed E-state index contributed by atoms with van der Waals surface area (Å²) in [5.41, 5.74) is 0.976. The Labute approximate surface area is 105 Å². The summed E-state index contributed by atoms with van der Waals surface area (Å²) in [7, 11) is 0. The lowest BCUT2D eigenvalue weighted by atomic mass is 10.2. The number of anilines is 1. The number of rotatable bonds is 4. The molecule has 0 amide bonds. The van der Waals surface area contributed by atoms with Gasteiger partial charge in [-0.2, -0.15) is 0 Å². The van der Waals surface area contributed by atoms with Crippen LogP contribution in [0.25, 0.3) is 10.2 Å². The second-order valence-corrected chi connectivity index (χ2v) is 5.35. The summed E-state index contributed by atoms with van der Waals surface area (Å²) in [5.74, 6) is 0. The van der Waals surface area contributed by atoms with E-state index in [1.807, 2.05) is 18.2 Å². The quantitative estimate of drug-likeness (QED) is 0.866. The first kappa shape index (κ1) is 11.7. The number of nitrogens with one attached hydrogen (secondary N) is 1. The Bertz CT molecular complexity index is 481. The molecule has 4 heteroatoms. The summed E-state index contributed by atoms with van der Waals surface area (Å²) in [6.45, 7) is 4.37. The lowest BCUT2D eigenvalue weighted by Gasteiger charge is -2.10. The number of aromatic nitrogens is 1. The molecule has 1 unspecified atom stereocenters. The number of fused-ring (bicyclic) bond motifs is 1. The molecule has 0 radical (unpaired) electrons. The largest absolute Gasteiger partial charge is 0.359 e. The van der Waals surface area contributed by atoms with Crippen LogP contribution in [-0.4, -0.2) is 11.0 Å². The van der Waals surface area contributed by atoms with Crippen molar-refractivity contribution >= 4 is 38.3 Å². The first-order chi connectivity index (χ1) is 7.70. The number of halogens is 1. The van der Waals surface area contributed by atoms with Crippen LogP contribution in [0.1, 0.15) is 26.7 Å². The predicted molar refractivity (Wildman–Crippen MR) is 72.6 cm³/mol. The van der Waals surface area contributed by atoms with Gasteiger partial charge in [0.15, 0.2) is 5.13 Å². The standard InChI is InChI=1S/C12H15ClN2S/c1-3-5-8(2)14-12-15-10-7-4-6-9(13)11(10)16-12/h4,6-8H,3,5H2,1-2H3,(H,14,15). The minimum atomic E-state index is 0.462. The first-order valence-corrected chi connectivity index (χ1v) is 6.71. The van der Waals surface area contributed by atoms with Crippen LogP contribution in [-0.2, 0) is 0 Å². The van der Waals surface area contributed by atoms with Gasteiger partial charge in [-0.15, -0.1) is 0 Å². The molecule has 2 nitrogen and oxygen atoms in total. The topological polar surface area (TPSA) is 24.9 Å². The van der Waals surface area contributed by atoms with Gasteiger partial charge in [-0.25, -0.2) is 4.98 Å². The molecule has 0 saturated carbocycles. The van der Waals surface area contributed by atoms with Gasteiger partial charge in [-0.3, -0.25) is 0 Å². The zero-order valence-corrected chi connectivity index (χ0v) is 11.0. The minimum absolute atomic E-state index is 0.462. The lowest BCUT2D eigenvalue weighted by molar-refractivity contribution is 0.690. The molecule has 1 N–H and O–H groups in total. The van der Waals surface area contributed by atoms with Crippen LogP contribution in [0.5, 0.6) is 0 Å². The Morgan fingerprint density at radius 3 is 3.00 bits per heavy atom. The third kappa shape index (κ3) is 2.47. The zero-order chi connectivity index (χ0) is 11.5. The fourth-order valence-electron chi connectivity index (χ4n) is 1.69. The van der Waals surface area contributed by atoms with Crippen molar-refractivity contribution in [2.45, 2.75) is 32.7 Å². The number of thiazole rings is 1. The smallest absolute Gasteiger partial charge is 0.184 e. The van der Waals surface area contributed by atoms with E-state index in [-0.39, 0.29) is 0 Å². The molecular weight excluding hydrogens is 240 g/mol. The number of benzene rings is 1. The van der Waals surface area contributed by atoms with E-state index in [2.05, 4.69) is 24.1 Å². The second-order valence-electron chi connectivity index (χ2n) is 3.94. The highest BCUT2D eigenvalue weighted by atomic mass is 35.5. The molecule has 1 atom stereocenters.